The van der Waals surface area contributed by atoms with Crippen molar-refractivity contribution in [1.82, 2.24) is 4.90 Å². The maximum Gasteiger partial charge on any atom is 0.336 e. The number of fused-ring (bicyclic) bond motifs is 3. The summed E-state index contributed by atoms with van der Waals surface area (Å²) in [7, 11) is 0. The van der Waals surface area contributed by atoms with E-state index in [4.69, 9.17) is 20.8 Å². The SMILES string of the molecule is O=c1cc(-c2ccccc2)c2ccc3c(c2o1)CN(Cc1c(F)cccc1Cl)CO3. The van der Waals surface area contributed by atoms with Crippen LogP contribution in [0.2, 0.25) is 5.02 Å². The standard InChI is InChI=1S/C24H17ClFNO3/c25-20-7-4-8-21(26)18(20)12-27-13-19-22(29-14-27)10-9-16-17(11-23(28)30-24(16)19)15-5-2-1-3-6-15/h1-11H,12-14H2. The van der Waals surface area contributed by atoms with Crippen molar-refractivity contribution in [3.05, 3.63) is 99.1 Å². The van der Waals surface area contributed by atoms with Crippen LogP contribution in [-0.4, -0.2) is 11.6 Å². The Morgan fingerprint density at radius 2 is 1.87 bits per heavy atom. The molecule has 6 heteroatoms. The van der Waals surface area contributed by atoms with E-state index in [1.807, 2.05) is 47.4 Å². The molecular formula is C24H17ClFNO3. The van der Waals surface area contributed by atoms with E-state index in [1.165, 1.54) is 12.1 Å². The van der Waals surface area contributed by atoms with Crippen molar-refractivity contribution in [3.8, 4) is 16.9 Å². The Balaban J connectivity index is 1.58. The molecule has 0 bridgehead atoms. The van der Waals surface area contributed by atoms with Gasteiger partial charge in [0.25, 0.3) is 0 Å². The first kappa shape index (κ1) is 18.9. The Bertz CT molecular complexity index is 1280. The average molecular weight is 422 g/mol. The second-order valence-corrected chi connectivity index (χ2v) is 7.63. The molecule has 0 saturated carbocycles. The highest BCUT2D eigenvalue weighted by Gasteiger charge is 2.24. The highest BCUT2D eigenvalue weighted by atomic mass is 35.5. The minimum Gasteiger partial charge on any atom is -0.478 e. The van der Waals surface area contributed by atoms with Crippen molar-refractivity contribution < 1.29 is 13.5 Å². The Morgan fingerprint density at radius 1 is 1.03 bits per heavy atom. The molecule has 1 aliphatic rings. The first-order valence-corrected chi connectivity index (χ1v) is 9.91. The Morgan fingerprint density at radius 3 is 2.67 bits per heavy atom. The van der Waals surface area contributed by atoms with Crippen LogP contribution in [-0.2, 0) is 13.1 Å². The Hall–Kier alpha value is -3.15. The minimum absolute atomic E-state index is 0.282. The number of hydrogen-bond donors (Lipinski definition) is 0. The van der Waals surface area contributed by atoms with Gasteiger partial charge in [-0.3, -0.25) is 4.90 Å². The quantitative estimate of drug-likeness (QED) is 0.403. The van der Waals surface area contributed by atoms with Gasteiger partial charge >= 0.3 is 5.63 Å². The Labute approximate surface area is 177 Å². The van der Waals surface area contributed by atoms with E-state index in [2.05, 4.69) is 0 Å². The predicted molar refractivity (Wildman–Crippen MR) is 114 cm³/mol. The molecule has 0 radical (unpaired) electrons. The van der Waals surface area contributed by atoms with Gasteiger partial charge in [0.2, 0.25) is 0 Å². The van der Waals surface area contributed by atoms with E-state index in [1.54, 1.807) is 12.1 Å². The molecule has 30 heavy (non-hydrogen) atoms. The average Bonchev–Trinajstić information content (AvgIpc) is 2.76. The van der Waals surface area contributed by atoms with Gasteiger partial charge in [-0.25, -0.2) is 9.18 Å². The summed E-state index contributed by atoms with van der Waals surface area (Å²) in [6.07, 6.45) is 0. The fourth-order valence-corrected chi connectivity index (χ4v) is 4.07. The summed E-state index contributed by atoms with van der Waals surface area (Å²) in [4.78, 5) is 14.3. The van der Waals surface area contributed by atoms with E-state index >= 15 is 0 Å². The van der Waals surface area contributed by atoms with Crippen LogP contribution in [0.15, 0.2) is 75.9 Å². The van der Waals surface area contributed by atoms with Crippen LogP contribution in [0.3, 0.4) is 0 Å². The molecule has 0 atom stereocenters. The summed E-state index contributed by atoms with van der Waals surface area (Å²) in [6.45, 7) is 1.01. The van der Waals surface area contributed by atoms with Crippen molar-refractivity contribution in [2.45, 2.75) is 13.1 Å². The van der Waals surface area contributed by atoms with Gasteiger partial charge in [-0.1, -0.05) is 48.0 Å². The van der Waals surface area contributed by atoms with E-state index in [9.17, 15) is 9.18 Å². The summed E-state index contributed by atoms with van der Waals surface area (Å²) in [5.41, 5.74) is 2.98. The zero-order valence-corrected chi connectivity index (χ0v) is 16.7. The summed E-state index contributed by atoms with van der Waals surface area (Å²) in [6, 6.07) is 19.6. The topological polar surface area (TPSA) is 42.7 Å². The fourth-order valence-electron chi connectivity index (χ4n) is 3.84. The lowest BCUT2D eigenvalue weighted by Gasteiger charge is -2.29. The van der Waals surface area contributed by atoms with Crippen LogP contribution in [0.5, 0.6) is 5.75 Å². The van der Waals surface area contributed by atoms with Gasteiger partial charge in [-0.2, -0.15) is 0 Å². The van der Waals surface area contributed by atoms with Crippen molar-refractivity contribution in [2.24, 2.45) is 0 Å². The van der Waals surface area contributed by atoms with Gasteiger partial charge in [-0.05, 0) is 35.4 Å². The third kappa shape index (κ3) is 3.36. The number of rotatable bonds is 3. The van der Waals surface area contributed by atoms with Crippen LogP contribution < -0.4 is 10.4 Å². The van der Waals surface area contributed by atoms with Crippen LogP contribution in [0.25, 0.3) is 22.1 Å². The van der Waals surface area contributed by atoms with Gasteiger partial charge in [0.15, 0.2) is 0 Å². The summed E-state index contributed by atoms with van der Waals surface area (Å²) in [5, 5.41) is 1.20. The summed E-state index contributed by atoms with van der Waals surface area (Å²) < 4.78 is 25.7. The van der Waals surface area contributed by atoms with Gasteiger partial charge in [-0.15, -0.1) is 0 Å². The molecule has 2 heterocycles. The molecule has 0 saturated heterocycles. The highest BCUT2D eigenvalue weighted by molar-refractivity contribution is 6.31. The maximum absolute atomic E-state index is 14.2. The lowest BCUT2D eigenvalue weighted by Crippen LogP contribution is -2.32. The maximum atomic E-state index is 14.2. The van der Waals surface area contributed by atoms with Gasteiger partial charge in [0.05, 0.1) is 5.56 Å². The van der Waals surface area contributed by atoms with Crippen molar-refractivity contribution in [2.75, 3.05) is 6.73 Å². The first-order chi connectivity index (χ1) is 14.6. The van der Waals surface area contributed by atoms with Crippen LogP contribution in [0.1, 0.15) is 11.1 Å². The number of hydrogen-bond acceptors (Lipinski definition) is 4. The summed E-state index contributed by atoms with van der Waals surface area (Å²) in [5.74, 6) is 0.302. The molecule has 0 amide bonds. The first-order valence-electron chi connectivity index (χ1n) is 9.53. The zero-order valence-electron chi connectivity index (χ0n) is 15.9. The van der Waals surface area contributed by atoms with Crippen LogP contribution >= 0.6 is 11.6 Å². The fraction of sp³-hybridized carbons (Fsp3) is 0.125. The van der Waals surface area contributed by atoms with Crippen molar-refractivity contribution in [1.29, 1.82) is 0 Å². The zero-order chi connectivity index (χ0) is 20.7. The van der Waals surface area contributed by atoms with E-state index < -0.39 is 5.63 Å². The number of ether oxygens (including phenoxy) is 1. The van der Waals surface area contributed by atoms with E-state index in [0.717, 1.165) is 22.1 Å². The second kappa shape index (κ2) is 7.59. The lowest BCUT2D eigenvalue weighted by molar-refractivity contribution is 0.0880. The highest BCUT2D eigenvalue weighted by Crippen LogP contribution is 2.36. The second-order valence-electron chi connectivity index (χ2n) is 7.22. The van der Waals surface area contributed by atoms with Gasteiger partial charge in [0, 0.05) is 35.1 Å². The largest absolute Gasteiger partial charge is 0.478 e. The smallest absolute Gasteiger partial charge is 0.336 e. The molecule has 4 aromatic rings. The molecule has 3 aromatic carbocycles. The minimum atomic E-state index is -0.427. The number of benzene rings is 3. The summed E-state index contributed by atoms with van der Waals surface area (Å²) >= 11 is 6.19. The third-order valence-corrected chi connectivity index (χ3v) is 5.64. The van der Waals surface area contributed by atoms with E-state index in [0.29, 0.717) is 28.5 Å². The molecule has 4 nitrogen and oxygen atoms in total. The molecule has 1 aliphatic heterocycles. The van der Waals surface area contributed by atoms with Crippen LogP contribution in [0, 0.1) is 5.82 Å². The predicted octanol–water partition coefficient (Wildman–Crippen LogP) is 5.60. The molecule has 1 aromatic heterocycles. The molecule has 0 N–H and O–H groups in total. The third-order valence-electron chi connectivity index (χ3n) is 5.29. The lowest BCUT2D eigenvalue weighted by atomic mass is 9.99. The molecule has 0 spiro atoms. The van der Waals surface area contributed by atoms with E-state index in [-0.39, 0.29) is 19.1 Å². The monoisotopic (exact) mass is 421 g/mol. The molecular weight excluding hydrogens is 405 g/mol. The van der Waals surface area contributed by atoms with Gasteiger partial charge < -0.3 is 9.15 Å². The van der Waals surface area contributed by atoms with Gasteiger partial charge in [0.1, 0.15) is 23.9 Å². The number of nitrogens with zero attached hydrogens (tertiary/aromatic N) is 1. The molecule has 0 unspecified atom stereocenters. The Kier molecular flexibility index (Phi) is 4.77. The number of halogens is 2. The molecule has 150 valence electrons. The molecule has 0 aliphatic carbocycles. The molecule has 0 fully saturated rings. The molecule has 5 rings (SSSR count). The van der Waals surface area contributed by atoms with Crippen molar-refractivity contribution >= 4 is 22.6 Å². The normalized spacial score (nSPS) is 13.8. The van der Waals surface area contributed by atoms with Crippen molar-refractivity contribution in [3.63, 3.8) is 0 Å². The van der Waals surface area contributed by atoms with Crippen LogP contribution in [0.4, 0.5) is 4.39 Å².